The van der Waals surface area contributed by atoms with Crippen LogP contribution >= 0.6 is 11.3 Å². The molecule has 1 heterocycles. The van der Waals surface area contributed by atoms with Crippen LogP contribution in [-0.4, -0.2) is 11.0 Å². The molecule has 3 aliphatic carbocycles. The van der Waals surface area contributed by atoms with Crippen molar-refractivity contribution in [2.75, 3.05) is 0 Å². The molecule has 3 fully saturated rings. The molecular formula is C14H22N2S. The highest BCUT2D eigenvalue weighted by Crippen LogP contribution is 2.61. The second kappa shape index (κ2) is 4.06. The molecule has 0 unspecified atom stereocenters. The molecule has 0 radical (unpaired) electrons. The lowest BCUT2D eigenvalue weighted by Crippen LogP contribution is -2.59. The highest BCUT2D eigenvalue weighted by atomic mass is 32.1. The van der Waals surface area contributed by atoms with Crippen LogP contribution in [0.15, 0.2) is 11.6 Å². The van der Waals surface area contributed by atoms with Gasteiger partial charge in [0, 0.05) is 24.2 Å². The minimum absolute atomic E-state index is 0.596. The summed E-state index contributed by atoms with van der Waals surface area (Å²) in [5.74, 6) is 2.68. The summed E-state index contributed by atoms with van der Waals surface area (Å²) in [7, 11) is 0. The van der Waals surface area contributed by atoms with Gasteiger partial charge in [0.25, 0.3) is 0 Å². The van der Waals surface area contributed by atoms with Gasteiger partial charge in [0.1, 0.15) is 5.01 Å². The van der Waals surface area contributed by atoms with Crippen LogP contribution in [0.3, 0.4) is 0 Å². The van der Waals surface area contributed by atoms with E-state index in [1.165, 1.54) is 17.8 Å². The molecule has 2 nitrogen and oxygen atoms in total. The molecule has 1 aromatic heterocycles. The number of thiazole rings is 1. The molecule has 1 aromatic rings. The van der Waals surface area contributed by atoms with Crippen LogP contribution in [0.1, 0.15) is 38.6 Å². The Hall–Kier alpha value is -0.410. The first-order valence-electron chi connectivity index (χ1n) is 6.71. The summed E-state index contributed by atoms with van der Waals surface area (Å²) in [5.41, 5.74) is 0.596. The third-order valence-electron chi connectivity index (χ3n) is 5.35. The lowest BCUT2D eigenvalue weighted by atomic mass is 9.45. The van der Waals surface area contributed by atoms with Crippen molar-refractivity contribution >= 4 is 11.3 Å². The van der Waals surface area contributed by atoms with E-state index in [0.717, 1.165) is 24.3 Å². The molecule has 17 heavy (non-hydrogen) atoms. The van der Waals surface area contributed by atoms with E-state index in [1.807, 2.05) is 6.20 Å². The van der Waals surface area contributed by atoms with E-state index in [0.29, 0.717) is 11.5 Å². The Morgan fingerprint density at radius 1 is 1.47 bits per heavy atom. The number of aromatic nitrogens is 1. The van der Waals surface area contributed by atoms with Crippen LogP contribution in [0.2, 0.25) is 0 Å². The average molecular weight is 250 g/mol. The van der Waals surface area contributed by atoms with Gasteiger partial charge in [-0.3, -0.25) is 0 Å². The fraction of sp³-hybridized carbons (Fsp3) is 0.786. The van der Waals surface area contributed by atoms with Crippen molar-refractivity contribution in [2.24, 2.45) is 23.2 Å². The van der Waals surface area contributed by atoms with Crippen molar-refractivity contribution in [2.45, 2.75) is 46.2 Å². The van der Waals surface area contributed by atoms with E-state index in [1.54, 1.807) is 11.3 Å². The minimum atomic E-state index is 0.596. The number of fused-ring (bicyclic) bond motifs is 2. The van der Waals surface area contributed by atoms with Crippen molar-refractivity contribution in [3.05, 3.63) is 16.6 Å². The summed E-state index contributed by atoms with van der Waals surface area (Å²) < 4.78 is 0. The Morgan fingerprint density at radius 2 is 2.29 bits per heavy atom. The Bertz CT molecular complexity index is 385. The predicted octanol–water partition coefficient (Wildman–Crippen LogP) is 3.30. The van der Waals surface area contributed by atoms with Crippen molar-refractivity contribution in [1.82, 2.24) is 10.3 Å². The molecule has 2 bridgehead atoms. The van der Waals surface area contributed by atoms with Crippen LogP contribution in [0.25, 0.3) is 0 Å². The topological polar surface area (TPSA) is 24.9 Å². The van der Waals surface area contributed by atoms with Gasteiger partial charge in [0.2, 0.25) is 0 Å². The number of hydrogen-bond acceptors (Lipinski definition) is 3. The number of rotatable bonds is 3. The van der Waals surface area contributed by atoms with Gasteiger partial charge in [-0.2, -0.15) is 0 Å². The standard InChI is InChI=1S/C14H22N2S/c1-9-11-6-10(14(11,2)3)7-12(9)16-8-13-15-4-5-17-13/h4-5,9-12,16H,6-8H2,1-3H3/t9-,10-,11+,12-/m1/s1. The molecule has 0 amide bonds. The maximum atomic E-state index is 4.34. The second-order valence-electron chi connectivity index (χ2n) is 6.37. The Kier molecular flexibility index (Phi) is 2.79. The van der Waals surface area contributed by atoms with Gasteiger partial charge in [0.05, 0.1) is 0 Å². The summed E-state index contributed by atoms with van der Waals surface area (Å²) in [5, 5.41) is 7.00. The lowest BCUT2D eigenvalue weighted by Gasteiger charge is -2.62. The van der Waals surface area contributed by atoms with Gasteiger partial charge in [-0.25, -0.2) is 4.98 Å². The highest BCUT2D eigenvalue weighted by Gasteiger charge is 2.55. The fourth-order valence-electron chi connectivity index (χ4n) is 3.98. The lowest BCUT2D eigenvalue weighted by molar-refractivity contribution is -0.115. The molecule has 4 atom stereocenters. The van der Waals surface area contributed by atoms with Gasteiger partial charge in [-0.05, 0) is 36.0 Å². The number of nitrogens with one attached hydrogen (secondary N) is 1. The third kappa shape index (κ3) is 1.84. The van der Waals surface area contributed by atoms with Crippen LogP contribution in [0, 0.1) is 23.2 Å². The molecule has 1 N–H and O–H groups in total. The molecule has 0 saturated heterocycles. The molecule has 0 spiro atoms. The van der Waals surface area contributed by atoms with E-state index in [-0.39, 0.29) is 0 Å². The summed E-state index contributed by atoms with van der Waals surface area (Å²) in [6.45, 7) is 8.30. The Balaban J connectivity index is 1.60. The SMILES string of the molecule is C[C@H]1[C@H](NCc2nccs2)C[C@H]2C[C@@H]1C2(C)C. The van der Waals surface area contributed by atoms with Gasteiger partial charge in [-0.1, -0.05) is 20.8 Å². The zero-order valence-electron chi connectivity index (χ0n) is 10.9. The zero-order chi connectivity index (χ0) is 12.0. The molecular weight excluding hydrogens is 228 g/mol. The summed E-state index contributed by atoms with van der Waals surface area (Å²) in [4.78, 5) is 4.34. The van der Waals surface area contributed by atoms with Crippen molar-refractivity contribution < 1.29 is 0 Å². The van der Waals surface area contributed by atoms with E-state index in [2.05, 4.69) is 36.5 Å². The zero-order valence-corrected chi connectivity index (χ0v) is 11.8. The quantitative estimate of drug-likeness (QED) is 0.890. The maximum Gasteiger partial charge on any atom is 0.106 e. The van der Waals surface area contributed by atoms with Crippen molar-refractivity contribution in [3.63, 3.8) is 0 Å². The van der Waals surface area contributed by atoms with E-state index < -0.39 is 0 Å². The molecule has 0 aromatic carbocycles. The number of hydrogen-bond donors (Lipinski definition) is 1. The number of nitrogens with zero attached hydrogens (tertiary/aromatic N) is 1. The van der Waals surface area contributed by atoms with Crippen LogP contribution in [-0.2, 0) is 6.54 Å². The first-order chi connectivity index (χ1) is 8.09. The van der Waals surface area contributed by atoms with Crippen molar-refractivity contribution in [3.8, 4) is 0 Å². The molecule has 0 aliphatic heterocycles. The highest BCUT2D eigenvalue weighted by molar-refractivity contribution is 7.09. The van der Waals surface area contributed by atoms with Gasteiger partial charge in [0.15, 0.2) is 0 Å². The maximum absolute atomic E-state index is 4.34. The van der Waals surface area contributed by atoms with Gasteiger partial charge in [-0.15, -0.1) is 11.3 Å². The second-order valence-corrected chi connectivity index (χ2v) is 7.35. The van der Waals surface area contributed by atoms with Crippen molar-refractivity contribution in [1.29, 1.82) is 0 Å². The molecule has 4 rings (SSSR count). The molecule has 3 aliphatic rings. The van der Waals surface area contributed by atoms with E-state index >= 15 is 0 Å². The van der Waals surface area contributed by atoms with Gasteiger partial charge >= 0.3 is 0 Å². The summed E-state index contributed by atoms with van der Waals surface area (Å²) in [6.07, 6.45) is 4.71. The summed E-state index contributed by atoms with van der Waals surface area (Å²) >= 11 is 1.75. The Morgan fingerprint density at radius 3 is 2.88 bits per heavy atom. The van der Waals surface area contributed by atoms with E-state index in [4.69, 9.17) is 0 Å². The summed E-state index contributed by atoms with van der Waals surface area (Å²) in [6, 6.07) is 0.704. The largest absolute Gasteiger partial charge is 0.307 e. The smallest absolute Gasteiger partial charge is 0.106 e. The van der Waals surface area contributed by atoms with Crippen LogP contribution in [0.5, 0.6) is 0 Å². The third-order valence-corrected chi connectivity index (χ3v) is 6.13. The predicted molar refractivity (Wildman–Crippen MR) is 71.9 cm³/mol. The normalized spacial score (nSPS) is 38.8. The Labute approximate surface area is 108 Å². The molecule has 3 saturated carbocycles. The van der Waals surface area contributed by atoms with E-state index in [9.17, 15) is 0 Å². The van der Waals surface area contributed by atoms with Crippen LogP contribution in [0.4, 0.5) is 0 Å². The van der Waals surface area contributed by atoms with Crippen LogP contribution < -0.4 is 5.32 Å². The molecule has 3 heteroatoms. The first-order valence-corrected chi connectivity index (χ1v) is 7.58. The monoisotopic (exact) mass is 250 g/mol. The average Bonchev–Trinajstić information content (AvgIpc) is 2.79. The fourth-order valence-corrected chi connectivity index (χ4v) is 4.55. The first kappa shape index (κ1) is 11.7. The van der Waals surface area contributed by atoms with Gasteiger partial charge < -0.3 is 5.32 Å². The minimum Gasteiger partial charge on any atom is -0.307 e. The molecule has 94 valence electrons.